The Hall–Kier alpha value is -1.46. The molecule has 0 spiro atoms. The molecule has 0 radical (unpaired) electrons. The number of nitrogens with one attached hydrogen (secondary N) is 1. The highest BCUT2D eigenvalue weighted by Gasteiger charge is 2.48. The average Bonchev–Trinajstić information content (AvgIpc) is 2.72. The summed E-state index contributed by atoms with van der Waals surface area (Å²) in [6.45, 7) is 4.52. The van der Waals surface area contributed by atoms with Gasteiger partial charge in [0.15, 0.2) is 0 Å². The van der Waals surface area contributed by atoms with E-state index < -0.39 is 58.2 Å². The highest BCUT2D eigenvalue weighted by atomic mass is 35.5. The molecular formula is C18H26ClFN2O6S. The van der Waals surface area contributed by atoms with Gasteiger partial charge in [0.25, 0.3) is 0 Å². The summed E-state index contributed by atoms with van der Waals surface area (Å²) in [5.74, 6) is -0.738. The summed E-state index contributed by atoms with van der Waals surface area (Å²) in [4.78, 5) is 12.7. The topological polar surface area (TPSA) is 116 Å². The Morgan fingerprint density at radius 3 is 2.55 bits per heavy atom. The first kappa shape index (κ1) is 23.8. The molecule has 1 saturated heterocycles. The molecule has 1 aliphatic rings. The van der Waals surface area contributed by atoms with Crippen molar-refractivity contribution in [1.82, 2.24) is 9.62 Å². The van der Waals surface area contributed by atoms with Crippen LogP contribution >= 0.6 is 11.6 Å². The molecule has 1 heterocycles. The van der Waals surface area contributed by atoms with Gasteiger partial charge in [-0.25, -0.2) is 22.3 Å². The second-order valence-electron chi connectivity index (χ2n) is 8.40. The fourth-order valence-corrected chi connectivity index (χ4v) is 3.73. The number of ether oxygens (including phenoxy) is 1. The van der Waals surface area contributed by atoms with Crippen LogP contribution in [-0.4, -0.2) is 67.2 Å². The largest absolute Gasteiger partial charge is 0.465 e. The number of β-amino-alcohol motifs (C(OH)–C–C–N with tert-alkyl or cyclic N) is 1. The first-order chi connectivity index (χ1) is 13.1. The van der Waals surface area contributed by atoms with Crippen LogP contribution in [0.5, 0.6) is 0 Å². The van der Waals surface area contributed by atoms with E-state index in [1.807, 2.05) is 20.8 Å². The molecule has 0 aliphatic carbocycles. The molecule has 29 heavy (non-hydrogen) atoms. The Balaban J connectivity index is 2.58. The van der Waals surface area contributed by atoms with E-state index in [2.05, 4.69) is 4.72 Å². The second kappa shape index (κ2) is 8.35. The standard InChI is InChI=1S/C18H26ClFN2O6S/c1-17(2,3)14-8-22(16(23)24)10-18(25,9-21-29(4,26)27)15(28-14)11-5-6-12(19)13(20)7-11/h5-7,14-15,21,25H,8-10H2,1-4H3,(H,23,24)/t14?,15-,18-/m0/s1. The zero-order chi connectivity index (χ0) is 22.2. The number of carbonyl (C=O) groups is 1. The molecule has 1 aromatic carbocycles. The van der Waals surface area contributed by atoms with E-state index in [9.17, 15) is 27.8 Å². The molecule has 2 rings (SSSR count). The van der Waals surface area contributed by atoms with E-state index >= 15 is 0 Å². The Kier molecular flexibility index (Phi) is 6.86. The summed E-state index contributed by atoms with van der Waals surface area (Å²) >= 11 is 5.75. The average molecular weight is 453 g/mol. The van der Waals surface area contributed by atoms with Crippen molar-refractivity contribution in [3.8, 4) is 0 Å². The Morgan fingerprint density at radius 1 is 1.45 bits per heavy atom. The number of hydrogen-bond acceptors (Lipinski definition) is 5. The van der Waals surface area contributed by atoms with Crippen LogP contribution in [0.2, 0.25) is 5.02 Å². The number of carboxylic acid groups (broad SMARTS) is 1. The lowest BCUT2D eigenvalue weighted by Gasteiger charge is -2.37. The summed E-state index contributed by atoms with van der Waals surface area (Å²) in [5.41, 5.74) is -2.31. The molecule has 1 fully saturated rings. The van der Waals surface area contributed by atoms with Crippen LogP contribution in [0, 0.1) is 11.2 Å². The number of aliphatic hydroxyl groups is 1. The molecule has 1 unspecified atom stereocenters. The van der Waals surface area contributed by atoms with Gasteiger partial charge >= 0.3 is 6.09 Å². The number of amides is 1. The minimum Gasteiger partial charge on any atom is -0.465 e. The molecule has 3 N–H and O–H groups in total. The van der Waals surface area contributed by atoms with E-state index in [4.69, 9.17) is 16.3 Å². The second-order valence-corrected chi connectivity index (χ2v) is 10.6. The third kappa shape index (κ3) is 6.02. The van der Waals surface area contributed by atoms with Crippen LogP contribution in [0.4, 0.5) is 9.18 Å². The lowest BCUT2D eigenvalue weighted by Crippen LogP contribution is -2.54. The van der Waals surface area contributed by atoms with E-state index in [1.54, 1.807) is 0 Å². The normalized spacial score (nSPS) is 26.2. The van der Waals surface area contributed by atoms with Crippen LogP contribution in [0.15, 0.2) is 18.2 Å². The molecule has 11 heteroatoms. The van der Waals surface area contributed by atoms with Crippen LogP contribution in [-0.2, 0) is 14.8 Å². The van der Waals surface area contributed by atoms with E-state index in [-0.39, 0.29) is 17.1 Å². The van der Waals surface area contributed by atoms with Crippen molar-refractivity contribution in [2.24, 2.45) is 5.41 Å². The van der Waals surface area contributed by atoms with Crippen molar-refractivity contribution in [2.45, 2.75) is 38.6 Å². The van der Waals surface area contributed by atoms with Gasteiger partial charge in [0.2, 0.25) is 10.0 Å². The van der Waals surface area contributed by atoms with Crippen molar-refractivity contribution < 1.29 is 32.6 Å². The summed E-state index contributed by atoms with van der Waals surface area (Å²) in [6.07, 6.45) is -2.24. The molecule has 0 aromatic heterocycles. The van der Waals surface area contributed by atoms with Crippen LogP contribution in [0.3, 0.4) is 0 Å². The van der Waals surface area contributed by atoms with Gasteiger partial charge in [-0.3, -0.25) is 0 Å². The quantitative estimate of drug-likeness (QED) is 0.645. The van der Waals surface area contributed by atoms with Gasteiger partial charge in [-0.15, -0.1) is 0 Å². The number of rotatable bonds is 4. The van der Waals surface area contributed by atoms with Crippen molar-refractivity contribution in [1.29, 1.82) is 0 Å². The summed E-state index contributed by atoms with van der Waals surface area (Å²) < 4.78 is 45.7. The zero-order valence-electron chi connectivity index (χ0n) is 16.6. The van der Waals surface area contributed by atoms with Gasteiger partial charge in [-0.2, -0.15) is 0 Å². The lowest BCUT2D eigenvalue weighted by atomic mass is 9.88. The Bertz CT molecular complexity index is 876. The van der Waals surface area contributed by atoms with E-state index in [0.717, 1.165) is 17.2 Å². The molecule has 1 aliphatic heterocycles. The van der Waals surface area contributed by atoms with Crippen LogP contribution in [0.25, 0.3) is 0 Å². The van der Waals surface area contributed by atoms with Crippen LogP contribution < -0.4 is 4.72 Å². The SMILES string of the molecule is CC(C)(C)C1CN(C(=O)O)C[C@@](O)(CNS(C)(=O)=O)[C@H](c2ccc(Cl)c(F)c2)O1. The summed E-state index contributed by atoms with van der Waals surface area (Å²) in [7, 11) is -3.70. The highest BCUT2D eigenvalue weighted by molar-refractivity contribution is 7.88. The molecular weight excluding hydrogens is 427 g/mol. The van der Waals surface area contributed by atoms with Crippen molar-refractivity contribution in [3.63, 3.8) is 0 Å². The molecule has 0 bridgehead atoms. The molecule has 1 aromatic rings. The van der Waals surface area contributed by atoms with Crippen LogP contribution in [0.1, 0.15) is 32.4 Å². The molecule has 3 atom stereocenters. The molecule has 8 nitrogen and oxygen atoms in total. The maximum absolute atomic E-state index is 14.1. The minimum atomic E-state index is -3.70. The summed E-state index contributed by atoms with van der Waals surface area (Å²) in [5, 5.41) is 20.8. The molecule has 164 valence electrons. The molecule has 0 saturated carbocycles. The monoisotopic (exact) mass is 452 g/mol. The Morgan fingerprint density at radius 2 is 2.07 bits per heavy atom. The van der Waals surface area contributed by atoms with Crippen molar-refractivity contribution in [2.75, 3.05) is 25.9 Å². The molecule has 1 amide bonds. The first-order valence-corrected chi connectivity index (χ1v) is 11.1. The minimum absolute atomic E-state index is 0.0490. The highest BCUT2D eigenvalue weighted by Crippen LogP contribution is 2.39. The number of benzene rings is 1. The lowest BCUT2D eigenvalue weighted by molar-refractivity contribution is -0.138. The first-order valence-electron chi connectivity index (χ1n) is 8.88. The maximum atomic E-state index is 14.1. The van der Waals surface area contributed by atoms with Gasteiger partial charge in [0.05, 0.1) is 30.5 Å². The fraction of sp³-hybridized carbons (Fsp3) is 0.611. The van der Waals surface area contributed by atoms with Gasteiger partial charge in [0, 0.05) is 6.54 Å². The predicted molar refractivity (Wildman–Crippen MR) is 106 cm³/mol. The number of halogens is 2. The van der Waals surface area contributed by atoms with Gasteiger partial charge in [-0.05, 0) is 23.1 Å². The zero-order valence-corrected chi connectivity index (χ0v) is 18.2. The third-order valence-corrected chi connectivity index (χ3v) is 5.74. The Labute approximate surface area is 174 Å². The van der Waals surface area contributed by atoms with Gasteiger partial charge in [0.1, 0.15) is 17.5 Å². The predicted octanol–water partition coefficient (Wildman–Crippen LogP) is 2.23. The van der Waals surface area contributed by atoms with E-state index in [0.29, 0.717) is 0 Å². The van der Waals surface area contributed by atoms with Crippen molar-refractivity contribution >= 4 is 27.7 Å². The number of sulfonamides is 1. The van der Waals surface area contributed by atoms with Gasteiger partial charge in [-0.1, -0.05) is 38.4 Å². The fourth-order valence-electron chi connectivity index (χ4n) is 3.10. The third-order valence-electron chi connectivity index (χ3n) is 4.76. The number of hydrogen-bond donors (Lipinski definition) is 3. The maximum Gasteiger partial charge on any atom is 0.407 e. The van der Waals surface area contributed by atoms with Gasteiger partial charge < -0.3 is 19.8 Å². The summed E-state index contributed by atoms with van der Waals surface area (Å²) in [6, 6.07) is 3.85. The number of nitrogens with zero attached hydrogens (tertiary/aromatic N) is 1. The smallest absolute Gasteiger partial charge is 0.407 e. The van der Waals surface area contributed by atoms with E-state index in [1.165, 1.54) is 12.1 Å². The van der Waals surface area contributed by atoms with Crippen molar-refractivity contribution in [3.05, 3.63) is 34.6 Å².